The molecule has 11 heavy (non-hydrogen) atoms. The molecule has 0 radical (unpaired) electrons. The third kappa shape index (κ3) is 5.40. The van der Waals surface area contributed by atoms with E-state index in [0.29, 0.717) is 5.57 Å². The summed E-state index contributed by atoms with van der Waals surface area (Å²) in [5, 5.41) is 0. The Morgan fingerprint density at radius 3 is 2.64 bits per heavy atom. The van der Waals surface area contributed by atoms with Crippen LogP contribution in [0.2, 0.25) is 0 Å². The second kappa shape index (κ2) is 5.71. The van der Waals surface area contributed by atoms with E-state index in [9.17, 15) is 4.79 Å². The largest absolute Gasteiger partial charge is 0.366 e. The zero-order valence-electron chi connectivity index (χ0n) is 7.13. The molecule has 0 aliphatic heterocycles. The number of primary amides is 1. The van der Waals surface area contributed by atoms with E-state index in [2.05, 4.69) is 6.92 Å². The van der Waals surface area contributed by atoms with Crippen LogP contribution in [0.4, 0.5) is 0 Å². The second-order valence-corrected chi connectivity index (χ2v) is 2.43. The van der Waals surface area contributed by atoms with Crippen LogP contribution in [0.1, 0.15) is 26.7 Å². The molecular weight excluding hydrogens is 138 g/mol. The van der Waals surface area contributed by atoms with Gasteiger partial charge in [-0.1, -0.05) is 31.6 Å². The van der Waals surface area contributed by atoms with Crippen LogP contribution in [0, 0.1) is 0 Å². The minimum absolute atomic E-state index is 0.355. The van der Waals surface area contributed by atoms with E-state index in [1.807, 2.05) is 12.2 Å². The van der Waals surface area contributed by atoms with Gasteiger partial charge < -0.3 is 5.73 Å². The first kappa shape index (κ1) is 9.95. The van der Waals surface area contributed by atoms with E-state index in [0.717, 1.165) is 12.8 Å². The summed E-state index contributed by atoms with van der Waals surface area (Å²) in [6.07, 6.45) is 7.79. The van der Waals surface area contributed by atoms with E-state index in [4.69, 9.17) is 5.73 Å². The Kier molecular flexibility index (Phi) is 5.17. The van der Waals surface area contributed by atoms with Crippen molar-refractivity contribution in [2.75, 3.05) is 0 Å². The standard InChI is InChI=1S/C9H15NO/c1-3-4-5-6-7-8(2)9(10)11/h5-7H,3-4H2,1-2H3,(H2,10,11). The molecule has 62 valence electrons. The van der Waals surface area contributed by atoms with Gasteiger partial charge in [-0.25, -0.2) is 0 Å². The fraction of sp³-hybridized carbons (Fsp3) is 0.444. The molecule has 0 atom stereocenters. The van der Waals surface area contributed by atoms with Gasteiger partial charge in [-0.2, -0.15) is 0 Å². The van der Waals surface area contributed by atoms with Crippen LogP contribution in [0.3, 0.4) is 0 Å². The zero-order chi connectivity index (χ0) is 8.69. The van der Waals surface area contributed by atoms with Crippen LogP contribution < -0.4 is 5.73 Å². The lowest BCUT2D eigenvalue weighted by molar-refractivity contribution is -0.114. The van der Waals surface area contributed by atoms with E-state index in [1.54, 1.807) is 13.0 Å². The summed E-state index contributed by atoms with van der Waals surface area (Å²) in [6.45, 7) is 3.81. The van der Waals surface area contributed by atoms with Crippen molar-refractivity contribution < 1.29 is 4.79 Å². The molecule has 0 fully saturated rings. The number of rotatable bonds is 4. The highest BCUT2D eigenvalue weighted by Gasteiger charge is 1.91. The van der Waals surface area contributed by atoms with Crippen molar-refractivity contribution in [2.24, 2.45) is 5.73 Å². The predicted octanol–water partition coefficient (Wildman–Crippen LogP) is 1.77. The molecule has 0 spiro atoms. The smallest absolute Gasteiger partial charge is 0.244 e. The molecule has 0 saturated carbocycles. The summed E-state index contributed by atoms with van der Waals surface area (Å²) < 4.78 is 0. The van der Waals surface area contributed by atoms with Gasteiger partial charge in [0.05, 0.1) is 0 Å². The summed E-state index contributed by atoms with van der Waals surface area (Å²) >= 11 is 0. The Bertz CT molecular complexity index is 180. The van der Waals surface area contributed by atoms with Gasteiger partial charge in [0.15, 0.2) is 0 Å². The predicted molar refractivity (Wildman–Crippen MR) is 47.0 cm³/mol. The van der Waals surface area contributed by atoms with Crippen LogP contribution in [-0.4, -0.2) is 5.91 Å². The molecule has 0 rings (SSSR count). The number of carbonyl (C=O) groups is 1. The Morgan fingerprint density at radius 1 is 1.55 bits per heavy atom. The van der Waals surface area contributed by atoms with E-state index in [-0.39, 0.29) is 5.91 Å². The number of nitrogens with two attached hydrogens (primary N) is 1. The molecule has 0 unspecified atom stereocenters. The quantitative estimate of drug-likeness (QED) is 0.485. The molecule has 0 heterocycles. The highest BCUT2D eigenvalue weighted by atomic mass is 16.1. The highest BCUT2D eigenvalue weighted by Crippen LogP contribution is 1.93. The molecule has 0 aromatic rings. The lowest BCUT2D eigenvalue weighted by Crippen LogP contribution is -2.11. The van der Waals surface area contributed by atoms with Gasteiger partial charge in [0.25, 0.3) is 0 Å². The summed E-state index contributed by atoms with van der Waals surface area (Å²) in [6, 6.07) is 0. The molecule has 0 aliphatic carbocycles. The van der Waals surface area contributed by atoms with Crippen LogP contribution in [-0.2, 0) is 4.79 Å². The molecule has 2 nitrogen and oxygen atoms in total. The lowest BCUT2D eigenvalue weighted by atomic mass is 10.2. The lowest BCUT2D eigenvalue weighted by Gasteiger charge is -1.88. The number of hydrogen-bond acceptors (Lipinski definition) is 1. The third-order valence-electron chi connectivity index (χ3n) is 1.33. The van der Waals surface area contributed by atoms with Gasteiger partial charge in [-0.05, 0) is 13.3 Å². The monoisotopic (exact) mass is 153 g/mol. The molecule has 0 aromatic heterocycles. The van der Waals surface area contributed by atoms with Gasteiger partial charge in [-0.15, -0.1) is 0 Å². The number of unbranched alkanes of at least 4 members (excludes halogenated alkanes) is 1. The van der Waals surface area contributed by atoms with Gasteiger partial charge in [0.1, 0.15) is 0 Å². The van der Waals surface area contributed by atoms with Gasteiger partial charge >= 0.3 is 0 Å². The second-order valence-electron chi connectivity index (χ2n) is 2.43. The molecular formula is C9H15NO. The van der Waals surface area contributed by atoms with Crippen molar-refractivity contribution in [3.05, 3.63) is 23.8 Å². The first-order valence-corrected chi connectivity index (χ1v) is 3.81. The Morgan fingerprint density at radius 2 is 2.18 bits per heavy atom. The van der Waals surface area contributed by atoms with Crippen molar-refractivity contribution >= 4 is 5.91 Å². The van der Waals surface area contributed by atoms with Gasteiger partial charge in [0, 0.05) is 5.57 Å². The first-order valence-electron chi connectivity index (χ1n) is 3.81. The average Bonchev–Trinajstić information content (AvgIpc) is 1.97. The van der Waals surface area contributed by atoms with Gasteiger partial charge in [0.2, 0.25) is 5.91 Å². The Labute approximate surface area is 67.8 Å². The first-order chi connectivity index (χ1) is 5.18. The van der Waals surface area contributed by atoms with Crippen LogP contribution >= 0.6 is 0 Å². The van der Waals surface area contributed by atoms with Crippen molar-refractivity contribution in [3.8, 4) is 0 Å². The van der Waals surface area contributed by atoms with Crippen molar-refractivity contribution in [2.45, 2.75) is 26.7 Å². The molecule has 2 heteroatoms. The zero-order valence-corrected chi connectivity index (χ0v) is 7.13. The minimum atomic E-state index is -0.355. The minimum Gasteiger partial charge on any atom is -0.366 e. The van der Waals surface area contributed by atoms with Crippen molar-refractivity contribution in [1.29, 1.82) is 0 Å². The van der Waals surface area contributed by atoms with E-state index < -0.39 is 0 Å². The topological polar surface area (TPSA) is 43.1 Å². The summed E-state index contributed by atoms with van der Waals surface area (Å²) in [5.74, 6) is -0.355. The summed E-state index contributed by atoms with van der Waals surface area (Å²) in [5.41, 5.74) is 5.60. The molecule has 1 amide bonds. The van der Waals surface area contributed by atoms with Crippen LogP contribution in [0.25, 0.3) is 0 Å². The van der Waals surface area contributed by atoms with Crippen LogP contribution in [0.15, 0.2) is 23.8 Å². The number of carbonyl (C=O) groups excluding carboxylic acids is 1. The fourth-order valence-corrected chi connectivity index (χ4v) is 0.557. The SMILES string of the molecule is CCCC=CC=C(C)C(N)=O. The number of hydrogen-bond donors (Lipinski definition) is 1. The summed E-state index contributed by atoms with van der Waals surface area (Å²) in [7, 11) is 0. The van der Waals surface area contributed by atoms with E-state index in [1.165, 1.54) is 0 Å². The molecule has 0 aliphatic rings. The maximum Gasteiger partial charge on any atom is 0.244 e. The average molecular weight is 153 g/mol. The van der Waals surface area contributed by atoms with E-state index >= 15 is 0 Å². The number of amides is 1. The Balaban J connectivity index is 3.81. The van der Waals surface area contributed by atoms with Gasteiger partial charge in [-0.3, -0.25) is 4.79 Å². The highest BCUT2D eigenvalue weighted by molar-refractivity contribution is 5.91. The molecule has 0 aromatic carbocycles. The van der Waals surface area contributed by atoms with Crippen molar-refractivity contribution in [3.63, 3.8) is 0 Å². The summed E-state index contributed by atoms with van der Waals surface area (Å²) in [4.78, 5) is 10.5. The normalized spacial score (nSPS) is 12.4. The molecule has 0 bridgehead atoms. The number of allylic oxidation sites excluding steroid dienone is 3. The van der Waals surface area contributed by atoms with Crippen molar-refractivity contribution in [1.82, 2.24) is 0 Å². The maximum atomic E-state index is 10.5. The fourth-order valence-electron chi connectivity index (χ4n) is 0.557. The molecule has 2 N–H and O–H groups in total. The third-order valence-corrected chi connectivity index (χ3v) is 1.33. The molecule has 0 saturated heterocycles. The Hall–Kier alpha value is -1.05. The maximum absolute atomic E-state index is 10.5. The van der Waals surface area contributed by atoms with Crippen LogP contribution in [0.5, 0.6) is 0 Å².